The number of nitrogens with zero attached hydrogens (tertiary/aromatic N) is 9. The van der Waals surface area contributed by atoms with Crippen LogP contribution < -0.4 is 17.2 Å². The van der Waals surface area contributed by atoms with E-state index in [1.807, 2.05) is 0 Å². The molecule has 22 heteroatoms. The number of anilines is 1. The number of benzene rings is 2. The molecule has 2 aliphatic rings. The van der Waals surface area contributed by atoms with Crippen molar-refractivity contribution in [2.45, 2.75) is 24.9 Å². The number of nitrogen functional groups attached to an aromatic ring is 1. The molecule has 20 nitrogen and oxygen atoms in total. The molecule has 2 aromatic carbocycles. The first-order chi connectivity index (χ1) is 22.2. The Morgan fingerprint density at radius 2 is 1.26 bits per heavy atom. The van der Waals surface area contributed by atoms with Gasteiger partial charge in [-0.25, -0.2) is 32.1 Å². The first-order valence-electron chi connectivity index (χ1n) is 12.7. The Morgan fingerprint density at radius 1 is 0.783 bits per heavy atom. The second-order valence-electron chi connectivity index (χ2n) is 9.60. The lowest BCUT2D eigenvalue weighted by atomic mass is 9.83. The Hall–Kier alpha value is -6.42. The van der Waals surface area contributed by atoms with Crippen molar-refractivity contribution in [2.24, 2.45) is 0 Å². The molecule has 0 saturated heterocycles. The highest BCUT2D eigenvalue weighted by Crippen LogP contribution is 2.39. The fourth-order valence-electron chi connectivity index (χ4n) is 5.13. The smallest absolute Gasteiger partial charge is 0.379 e. The Labute approximate surface area is 249 Å². The molecule has 0 bridgehead atoms. The molecule has 0 spiro atoms. The highest BCUT2D eigenvalue weighted by atomic mass is 19.1. The van der Waals surface area contributed by atoms with Gasteiger partial charge in [0.25, 0.3) is 5.69 Å². The summed E-state index contributed by atoms with van der Waals surface area (Å²) >= 11 is 0. The summed E-state index contributed by atoms with van der Waals surface area (Å²) in [5, 5.41) is 43.7. The van der Waals surface area contributed by atoms with Crippen molar-refractivity contribution in [3.63, 3.8) is 0 Å². The molecule has 4 aromatic heterocycles. The van der Waals surface area contributed by atoms with E-state index in [1.165, 1.54) is 28.8 Å². The maximum Gasteiger partial charge on any atom is 0.446 e. The van der Waals surface area contributed by atoms with Crippen LogP contribution >= 0.6 is 0 Å². The van der Waals surface area contributed by atoms with E-state index in [-0.39, 0.29) is 40.7 Å². The monoisotopic (exact) mass is 642 g/mol. The zero-order chi connectivity index (χ0) is 32.7. The minimum Gasteiger partial charge on any atom is -0.379 e. The summed E-state index contributed by atoms with van der Waals surface area (Å²) in [4.78, 5) is 33.9. The van der Waals surface area contributed by atoms with Gasteiger partial charge in [0, 0.05) is 0 Å². The van der Waals surface area contributed by atoms with Crippen LogP contribution in [0.25, 0.3) is 23.0 Å². The van der Waals surface area contributed by atoms with E-state index in [2.05, 4.69) is 49.2 Å². The van der Waals surface area contributed by atoms with Crippen molar-refractivity contribution < 1.29 is 42.5 Å². The molecule has 0 aliphatic heterocycles. The van der Waals surface area contributed by atoms with E-state index in [9.17, 15) is 28.5 Å². The molecule has 236 valence electrons. The molecule has 2 aliphatic carbocycles. The Bertz CT molecular complexity index is 2200. The summed E-state index contributed by atoms with van der Waals surface area (Å²) in [6, 6.07) is 7.75. The molecule has 4 N–H and O–H groups in total. The van der Waals surface area contributed by atoms with Crippen LogP contribution in [0.4, 0.5) is 20.4 Å². The third-order valence-corrected chi connectivity index (χ3v) is 7.24. The van der Waals surface area contributed by atoms with Gasteiger partial charge >= 0.3 is 17.3 Å². The van der Waals surface area contributed by atoms with Gasteiger partial charge in [0.15, 0.2) is 16.7 Å². The van der Waals surface area contributed by atoms with Gasteiger partial charge in [-0.3, -0.25) is 19.6 Å². The maximum atomic E-state index is 13.4. The molecule has 46 heavy (non-hydrogen) atoms. The number of hydrogen-bond donors (Lipinski definition) is 3. The lowest BCUT2D eigenvalue weighted by molar-refractivity contribution is -0.390. The van der Waals surface area contributed by atoms with Gasteiger partial charge in [-0.1, -0.05) is 22.4 Å². The molecule has 8 rings (SSSR count). The highest BCUT2D eigenvalue weighted by Gasteiger charge is 2.37. The van der Waals surface area contributed by atoms with Crippen LogP contribution in [-0.4, -0.2) is 55.5 Å². The minimum atomic E-state index is -0.836. The summed E-state index contributed by atoms with van der Waals surface area (Å²) in [7, 11) is 0. The van der Waals surface area contributed by atoms with Crippen LogP contribution in [0.15, 0.2) is 64.3 Å². The zero-order valence-corrected chi connectivity index (χ0v) is 22.6. The van der Waals surface area contributed by atoms with Crippen molar-refractivity contribution >= 4 is 11.6 Å². The lowest BCUT2D eigenvalue weighted by Gasteiger charge is -2.30. The van der Waals surface area contributed by atoms with Crippen molar-refractivity contribution in [2.75, 3.05) is 5.73 Å². The van der Waals surface area contributed by atoms with Crippen molar-refractivity contribution in [3.8, 4) is 23.0 Å². The van der Waals surface area contributed by atoms with Gasteiger partial charge in [0.1, 0.15) is 11.6 Å². The third kappa shape index (κ3) is 4.87. The number of aromatic nitrogens is 8. The standard InChI is InChI=1S/C12H6FN5O5.C12H8FN5O3.H2O2/c13-6-2-1-5-3-8(7(5)4-6)17-10(15-22-12(17)19)9-11(18(20)21)16-23-14-9;13-6-2-1-5-3-8(7(5)4-6)18-11(17-20-12(18)19)9-10(14)16-21-15-9;1-2/h1-2,4,8H,3H2;1-2,4,8H,3H2,(H2,14,16);1-2H. The normalized spacial score (nSPS) is 15.7. The van der Waals surface area contributed by atoms with Crippen LogP contribution in [0.1, 0.15) is 34.3 Å². The highest BCUT2D eigenvalue weighted by molar-refractivity contribution is 5.63. The first kappa shape index (κ1) is 29.6. The Morgan fingerprint density at radius 3 is 1.74 bits per heavy atom. The average molecular weight is 642 g/mol. The fourth-order valence-corrected chi connectivity index (χ4v) is 5.13. The van der Waals surface area contributed by atoms with E-state index >= 15 is 0 Å². The number of nitro groups is 1. The number of rotatable bonds is 5. The lowest BCUT2D eigenvalue weighted by Crippen LogP contribution is -2.31. The number of halogens is 2. The SMILES string of the molecule is Nc1nonc1-c1noc(=O)n1C1Cc2ccc(F)cc21.O=c1onc(-c2nonc2[N+](=O)[O-])n1C1Cc2ccc(F)cc21.OO. The molecular formula is C24H16F2N10O10. The number of nitrogens with two attached hydrogens (primary N) is 1. The fraction of sp³-hybridized carbons (Fsp3) is 0.167. The van der Waals surface area contributed by atoms with Gasteiger partial charge < -0.3 is 15.8 Å². The second kappa shape index (κ2) is 11.6. The van der Waals surface area contributed by atoms with Crippen LogP contribution in [0, 0.1) is 21.7 Å². The maximum absolute atomic E-state index is 13.4. The molecule has 2 atom stereocenters. The molecule has 0 radical (unpaired) electrons. The summed E-state index contributed by atoms with van der Waals surface area (Å²) in [6.45, 7) is 0. The molecule has 4 heterocycles. The Kier molecular flexibility index (Phi) is 7.47. The molecule has 0 saturated carbocycles. The average Bonchev–Trinajstić information content (AvgIpc) is 3.83. The summed E-state index contributed by atoms with van der Waals surface area (Å²) in [5.74, 6) is -3.10. The van der Waals surface area contributed by atoms with Gasteiger partial charge in [-0.2, -0.15) is 0 Å². The van der Waals surface area contributed by atoms with Crippen molar-refractivity contribution in [1.82, 2.24) is 40.1 Å². The number of fused-ring (bicyclic) bond motifs is 2. The predicted molar refractivity (Wildman–Crippen MR) is 141 cm³/mol. The zero-order valence-electron chi connectivity index (χ0n) is 22.6. The molecular weight excluding hydrogens is 626 g/mol. The van der Waals surface area contributed by atoms with E-state index in [0.29, 0.717) is 24.0 Å². The van der Waals surface area contributed by atoms with Crippen molar-refractivity contribution in [1.29, 1.82) is 0 Å². The van der Waals surface area contributed by atoms with Crippen LogP contribution in [0.5, 0.6) is 0 Å². The molecule has 6 aromatic rings. The topological polar surface area (TPSA) is 284 Å². The third-order valence-electron chi connectivity index (χ3n) is 7.24. The van der Waals surface area contributed by atoms with Crippen LogP contribution in [-0.2, 0) is 12.8 Å². The quantitative estimate of drug-likeness (QED) is 0.137. The van der Waals surface area contributed by atoms with Crippen LogP contribution in [0.2, 0.25) is 0 Å². The van der Waals surface area contributed by atoms with Crippen molar-refractivity contribution in [3.05, 3.63) is 102 Å². The van der Waals surface area contributed by atoms with E-state index in [0.717, 1.165) is 15.7 Å². The molecule has 0 amide bonds. The molecule has 2 unspecified atom stereocenters. The van der Waals surface area contributed by atoms with Gasteiger partial charge in [-0.15, -0.1) is 4.63 Å². The van der Waals surface area contributed by atoms with E-state index in [4.69, 9.17) is 16.2 Å². The summed E-state index contributed by atoms with van der Waals surface area (Å²) < 4.78 is 47.2. The molecule has 0 fully saturated rings. The first-order valence-corrected chi connectivity index (χ1v) is 12.7. The van der Waals surface area contributed by atoms with Gasteiger partial charge in [0.05, 0.1) is 12.1 Å². The van der Waals surface area contributed by atoms with Gasteiger partial charge in [-0.05, 0) is 79.8 Å². The summed E-state index contributed by atoms with van der Waals surface area (Å²) in [5.41, 5.74) is 8.51. The van der Waals surface area contributed by atoms with E-state index in [1.54, 1.807) is 12.1 Å². The minimum absolute atomic E-state index is 0.00385. The van der Waals surface area contributed by atoms with E-state index < -0.39 is 34.1 Å². The largest absolute Gasteiger partial charge is 0.446 e. The summed E-state index contributed by atoms with van der Waals surface area (Å²) in [6.07, 6.45) is 0.998. The Balaban J connectivity index is 0.000000154. The van der Waals surface area contributed by atoms with Gasteiger partial charge in [0.2, 0.25) is 11.6 Å². The number of hydrogen-bond acceptors (Lipinski definition) is 17. The van der Waals surface area contributed by atoms with Crippen LogP contribution in [0.3, 0.4) is 0 Å². The predicted octanol–water partition coefficient (Wildman–Crippen LogP) is 1.85. The second-order valence-corrected chi connectivity index (χ2v) is 9.60.